The molecule has 0 aromatic heterocycles. The number of nitrogens with zero attached hydrogens (tertiary/aromatic N) is 1. The van der Waals surface area contributed by atoms with Gasteiger partial charge in [-0.3, -0.25) is 4.79 Å². The molecule has 0 spiro atoms. The summed E-state index contributed by atoms with van der Waals surface area (Å²) in [7, 11) is -3.49. The van der Waals surface area contributed by atoms with Crippen molar-refractivity contribution in [1.29, 1.82) is 0 Å². The molecule has 1 atom stereocenters. The number of aliphatic carboxylic acids is 1. The maximum absolute atomic E-state index is 12.1. The van der Waals surface area contributed by atoms with Crippen LogP contribution in [0.5, 0.6) is 0 Å². The van der Waals surface area contributed by atoms with E-state index in [9.17, 15) is 13.2 Å². The standard InChI is InChI=1S/C11H22N2O4S/c1-9(2)13(8-10-4-3-6-12-10)18(16,17)7-5-11(14)15/h9-10,12H,3-8H2,1-2H3,(H,14,15). The lowest BCUT2D eigenvalue weighted by atomic mass is 10.2. The van der Waals surface area contributed by atoms with Crippen LogP contribution in [0.3, 0.4) is 0 Å². The van der Waals surface area contributed by atoms with Gasteiger partial charge in [-0.05, 0) is 33.2 Å². The van der Waals surface area contributed by atoms with Gasteiger partial charge in [0.1, 0.15) is 0 Å². The Morgan fingerprint density at radius 1 is 1.50 bits per heavy atom. The third kappa shape index (κ3) is 4.55. The molecule has 7 heteroatoms. The fraction of sp³-hybridized carbons (Fsp3) is 0.909. The van der Waals surface area contributed by atoms with E-state index in [-0.39, 0.29) is 24.3 Å². The third-order valence-electron chi connectivity index (χ3n) is 3.07. The normalized spacial score (nSPS) is 20.8. The van der Waals surface area contributed by atoms with Crippen molar-refractivity contribution in [2.45, 2.75) is 45.2 Å². The van der Waals surface area contributed by atoms with Crippen LogP contribution >= 0.6 is 0 Å². The summed E-state index contributed by atoms with van der Waals surface area (Å²) in [5.74, 6) is -1.41. The number of rotatable bonds is 7. The highest BCUT2D eigenvalue weighted by Gasteiger charge is 2.29. The van der Waals surface area contributed by atoms with E-state index in [1.807, 2.05) is 13.8 Å². The van der Waals surface area contributed by atoms with Crippen molar-refractivity contribution in [1.82, 2.24) is 9.62 Å². The zero-order valence-corrected chi connectivity index (χ0v) is 11.7. The summed E-state index contributed by atoms with van der Waals surface area (Å²) in [5.41, 5.74) is 0. The molecular weight excluding hydrogens is 256 g/mol. The molecule has 6 nitrogen and oxygen atoms in total. The smallest absolute Gasteiger partial charge is 0.304 e. The minimum atomic E-state index is -3.49. The van der Waals surface area contributed by atoms with Gasteiger partial charge in [0.05, 0.1) is 12.2 Å². The Hall–Kier alpha value is -0.660. The quantitative estimate of drug-likeness (QED) is 0.697. The van der Waals surface area contributed by atoms with Gasteiger partial charge in [-0.1, -0.05) is 0 Å². The summed E-state index contributed by atoms with van der Waals surface area (Å²) < 4.78 is 25.6. The molecule has 0 saturated carbocycles. The predicted molar refractivity (Wildman–Crippen MR) is 68.9 cm³/mol. The minimum Gasteiger partial charge on any atom is -0.481 e. The highest BCUT2D eigenvalue weighted by molar-refractivity contribution is 7.89. The second-order valence-electron chi connectivity index (χ2n) is 4.92. The highest BCUT2D eigenvalue weighted by atomic mass is 32.2. The van der Waals surface area contributed by atoms with Crippen LogP contribution in [0.2, 0.25) is 0 Å². The topological polar surface area (TPSA) is 86.7 Å². The monoisotopic (exact) mass is 278 g/mol. The molecule has 0 aliphatic carbocycles. The van der Waals surface area contributed by atoms with E-state index in [4.69, 9.17) is 5.11 Å². The molecule has 1 saturated heterocycles. The fourth-order valence-corrected chi connectivity index (χ4v) is 3.83. The van der Waals surface area contributed by atoms with E-state index in [0.717, 1.165) is 19.4 Å². The van der Waals surface area contributed by atoms with Gasteiger partial charge in [0.15, 0.2) is 0 Å². The van der Waals surface area contributed by atoms with Crippen LogP contribution in [0.15, 0.2) is 0 Å². The first-order chi connectivity index (χ1) is 8.33. The van der Waals surface area contributed by atoms with Crippen LogP contribution < -0.4 is 5.32 Å². The van der Waals surface area contributed by atoms with Crippen molar-refractivity contribution in [3.63, 3.8) is 0 Å². The Bertz CT molecular complexity index is 375. The van der Waals surface area contributed by atoms with Gasteiger partial charge < -0.3 is 10.4 Å². The number of carbonyl (C=O) groups is 1. The Kier molecular flexibility index (Phi) is 5.55. The second-order valence-corrected chi connectivity index (χ2v) is 6.96. The Morgan fingerprint density at radius 3 is 2.61 bits per heavy atom. The fourth-order valence-electron chi connectivity index (χ4n) is 2.11. The van der Waals surface area contributed by atoms with Gasteiger partial charge in [0.2, 0.25) is 10.0 Å². The first kappa shape index (κ1) is 15.4. The van der Waals surface area contributed by atoms with Gasteiger partial charge in [-0.2, -0.15) is 4.31 Å². The molecule has 1 heterocycles. The zero-order valence-electron chi connectivity index (χ0n) is 10.9. The number of hydrogen-bond donors (Lipinski definition) is 2. The van der Waals surface area contributed by atoms with Crippen molar-refractivity contribution in [3.05, 3.63) is 0 Å². The summed E-state index contributed by atoms with van der Waals surface area (Å²) >= 11 is 0. The largest absolute Gasteiger partial charge is 0.481 e. The van der Waals surface area contributed by atoms with E-state index in [2.05, 4.69) is 5.32 Å². The third-order valence-corrected chi connectivity index (χ3v) is 5.08. The number of hydrogen-bond acceptors (Lipinski definition) is 4. The van der Waals surface area contributed by atoms with Gasteiger partial charge in [-0.25, -0.2) is 8.42 Å². The molecule has 1 fully saturated rings. The highest BCUT2D eigenvalue weighted by Crippen LogP contribution is 2.14. The average molecular weight is 278 g/mol. The first-order valence-electron chi connectivity index (χ1n) is 6.27. The summed E-state index contributed by atoms with van der Waals surface area (Å²) in [5, 5.41) is 11.8. The summed E-state index contributed by atoms with van der Waals surface area (Å²) in [6.07, 6.45) is 1.69. The summed E-state index contributed by atoms with van der Waals surface area (Å²) in [4.78, 5) is 10.5. The van der Waals surface area contributed by atoms with Crippen LogP contribution in [-0.2, 0) is 14.8 Å². The van der Waals surface area contributed by atoms with Gasteiger partial charge in [0, 0.05) is 18.6 Å². The van der Waals surface area contributed by atoms with E-state index < -0.39 is 16.0 Å². The number of nitrogens with one attached hydrogen (secondary N) is 1. The van der Waals surface area contributed by atoms with E-state index in [0.29, 0.717) is 6.54 Å². The van der Waals surface area contributed by atoms with Crippen LogP contribution in [-0.4, -0.2) is 54.7 Å². The first-order valence-corrected chi connectivity index (χ1v) is 7.88. The molecule has 1 unspecified atom stereocenters. The molecule has 1 aliphatic heterocycles. The maximum atomic E-state index is 12.1. The summed E-state index contributed by atoms with van der Waals surface area (Å²) in [6, 6.07) is 0.0400. The van der Waals surface area contributed by atoms with E-state index in [1.54, 1.807) is 0 Å². The molecule has 18 heavy (non-hydrogen) atoms. The van der Waals surface area contributed by atoms with Crippen molar-refractivity contribution in [2.75, 3.05) is 18.8 Å². The Morgan fingerprint density at radius 2 is 2.17 bits per heavy atom. The number of sulfonamides is 1. The van der Waals surface area contributed by atoms with Crippen molar-refractivity contribution < 1.29 is 18.3 Å². The van der Waals surface area contributed by atoms with Gasteiger partial charge in [-0.15, -0.1) is 0 Å². The van der Waals surface area contributed by atoms with Crippen LogP contribution in [0.4, 0.5) is 0 Å². The molecule has 1 aliphatic rings. The molecule has 106 valence electrons. The van der Waals surface area contributed by atoms with Crippen molar-refractivity contribution in [3.8, 4) is 0 Å². The molecule has 0 aromatic rings. The molecule has 0 aromatic carbocycles. The molecule has 0 amide bonds. The SMILES string of the molecule is CC(C)N(CC1CCCN1)S(=O)(=O)CCC(=O)O. The van der Waals surface area contributed by atoms with E-state index in [1.165, 1.54) is 4.31 Å². The molecule has 2 N–H and O–H groups in total. The minimum absolute atomic E-state index is 0.147. The van der Waals surface area contributed by atoms with Crippen LogP contribution in [0.1, 0.15) is 33.1 Å². The van der Waals surface area contributed by atoms with Gasteiger partial charge in [0.25, 0.3) is 0 Å². The van der Waals surface area contributed by atoms with E-state index >= 15 is 0 Å². The molecule has 0 bridgehead atoms. The molecular formula is C11H22N2O4S. The molecule has 1 rings (SSSR count). The molecule has 0 radical (unpaired) electrons. The van der Waals surface area contributed by atoms with Crippen molar-refractivity contribution in [2.24, 2.45) is 0 Å². The lowest BCUT2D eigenvalue weighted by Gasteiger charge is -2.28. The Labute approximate surface area is 108 Å². The Balaban J connectivity index is 2.67. The van der Waals surface area contributed by atoms with Crippen molar-refractivity contribution >= 4 is 16.0 Å². The number of carboxylic acid groups (broad SMARTS) is 1. The second kappa shape index (κ2) is 6.49. The average Bonchev–Trinajstić information content (AvgIpc) is 2.75. The lowest BCUT2D eigenvalue weighted by molar-refractivity contribution is -0.136. The predicted octanol–water partition coefficient (Wildman–Crippen LogP) is 0.253. The number of carboxylic acids is 1. The van der Waals surface area contributed by atoms with Crippen LogP contribution in [0, 0.1) is 0 Å². The zero-order chi connectivity index (χ0) is 13.8. The maximum Gasteiger partial charge on any atom is 0.304 e. The summed E-state index contributed by atoms with van der Waals surface area (Å²) in [6.45, 7) is 4.98. The van der Waals surface area contributed by atoms with Crippen LogP contribution in [0.25, 0.3) is 0 Å². The lowest BCUT2D eigenvalue weighted by Crippen LogP contribution is -2.45. The van der Waals surface area contributed by atoms with Gasteiger partial charge >= 0.3 is 5.97 Å².